The van der Waals surface area contributed by atoms with E-state index in [1.165, 1.54) is 5.69 Å². The molecule has 0 aromatic heterocycles. The molecule has 22 heavy (non-hydrogen) atoms. The van der Waals surface area contributed by atoms with E-state index in [-0.39, 0.29) is 11.8 Å². The van der Waals surface area contributed by atoms with Crippen LogP contribution in [0.1, 0.15) is 6.42 Å². The first kappa shape index (κ1) is 16.3. The van der Waals surface area contributed by atoms with E-state index < -0.39 is 0 Å². The van der Waals surface area contributed by atoms with Crippen molar-refractivity contribution in [1.82, 2.24) is 15.5 Å². The number of anilines is 1. The Hall–Kier alpha value is -2.08. The molecule has 6 nitrogen and oxygen atoms in total. The first-order chi connectivity index (χ1) is 10.6. The molecule has 2 rings (SSSR count). The first-order valence-corrected chi connectivity index (χ1v) is 7.67. The third kappa shape index (κ3) is 5.37. The van der Waals surface area contributed by atoms with Gasteiger partial charge in [-0.05, 0) is 18.6 Å². The number of hydrogen-bond donors (Lipinski definition) is 2. The fraction of sp³-hybridized carbons (Fsp3) is 0.500. The highest BCUT2D eigenvalue weighted by molar-refractivity contribution is 5.81. The minimum atomic E-state index is -0.0166. The van der Waals surface area contributed by atoms with E-state index in [2.05, 4.69) is 27.7 Å². The fourth-order valence-corrected chi connectivity index (χ4v) is 2.44. The second kappa shape index (κ2) is 8.38. The van der Waals surface area contributed by atoms with Crippen LogP contribution in [0.15, 0.2) is 30.3 Å². The third-order valence-electron chi connectivity index (χ3n) is 3.67. The number of nitrogens with zero attached hydrogens (tertiary/aromatic N) is 2. The largest absolute Gasteiger partial charge is 0.375 e. The van der Waals surface area contributed by atoms with Crippen molar-refractivity contribution in [3.8, 4) is 0 Å². The van der Waals surface area contributed by atoms with Crippen LogP contribution in [0, 0.1) is 0 Å². The van der Waals surface area contributed by atoms with Gasteiger partial charge in [0.2, 0.25) is 11.8 Å². The van der Waals surface area contributed by atoms with Crippen molar-refractivity contribution < 1.29 is 9.59 Å². The molecule has 1 heterocycles. The smallest absolute Gasteiger partial charge is 0.234 e. The maximum atomic E-state index is 11.8. The fourth-order valence-electron chi connectivity index (χ4n) is 2.44. The molecule has 1 saturated heterocycles. The Kier molecular flexibility index (Phi) is 6.21. The molecule has 1 aromatic carbocycles. The van der Waals surface area contributed by atoms with Crippen LogP contribution < -0.4 is 15.5 Å². The topological polar surface area (TPSA) is 64.7 Å². The molecule has 0 unspecified atom stereocenters. The quantitative estimate of drug-likeness (QED) is 0.699. The molecule has 0 spiro atoms. The molecule has 0 radical (unpaired) electrons. The van der Waals surface area contributed by atoms with Gasteiger partial charge in [-0.3, -0.25) is 14.5 Å². The highest BCUT2D eigenvalue weighted by Crippen LogP contribution is 2.10. The maximum Gasteiger partial charge on any atom is 0.234 e. The summed E-state index contributed by atoms with van der Waals surface area (Å²) in [5.41, 5.74) is 1.17. The van der Waals surface area contributed by atoms with Crippen molar-refractivity contribution in [3.63, 3.8) is 0 Å². The monoisotopic (exact) mass is 304 g/mol. The van der Waals surface area contributed by atoms with Gasteiger partial charge < -0.3 is 15.5 Å². The van der Waals surface area contributed by atoms with Gasteiger partial charge in [0.05, 0.1) is 13.1 Å². The standard InChI is InChI=1S/C16H24N4O2/c1-19(14-6-3-2-4-7-14)10-5-8-17-15(21)12-20-11-9-18-16(22)13-20/h2-4,6-7H,5,8-13H2,1H3,(H,17,21)(H,18,22). The third-order valence-corrected chi connectivity index (χ3v) is 3.67. The van der Waals surface area contributed by atoms with Gasteiger partial charge in [0.1, 0.15) is 0 Å². The van der Waals surface area contributed by atoms with Crippen LogP contribution in [-0.4, -0.2) is 63.0 Å². The Bertz CT molecular complexity index is 492. The van der Waals surface area contributed by atoms with Gasteiger partial charge in [-0.1, -0.05) is 18.2 Å². The summed E-state index contributed by atoms with van der Waals surface area (Å²) in [6.07, 6.45) is 0.887. The molecule has 2 N–H and O–H groups in total. The van der Waals surface area contributed by atoms with Crippen molar-refractivity contribution >= 4 is 17.5 Å². The second-order valence-corrected chi connectivity index (χ2v) is 5.52. The van der Waals surface area contributed by atoms with E-state index in [9.17, 15) is 9.59 Å². The van der Waals surface area contributed by atoms with E-state index in [1.807, 2.05) is 30.1 Å². The lowest BCUT2D eigenvalue weighted by atomic mass is 10.3. The maximum absolute atomic E-state index is 11.8. The first-order valence-electron chi connectivity index (χ1n) is 7.67. The zero-order chi connectivity index (χ0) is 15.8. The van der Waals surface area contributed by atoms with E-state index in [0.717, 1.165) is 19.5 Å². The number of benzene rings is 1. The summed E-state index contributed by atoms with van der Waals surface area (Å²) < 4.78 is 0. The van der Waals surface area contributed by atoms with Crippen LogP contribution in [0.5, 0.6) is 0 Å². The van der Waals surface area contributed by atoms with Crippen LogP contribution in [-0.2, 0) is 9.59 Å². The van der Waals surface area contributed by atoms with Crippen molar-refractivity contribution in [1.29, 1.82) is 0 Å². The molecule has 1 fully saturated rings. The van der Waals surface area contributed by atoms with Crippen molar-refractivity contribution in [3.05, 3.63) is 30.3 Å². The summed E-state index contributed by atoms with van der Waals surface area (Å²) >= 11 is 0. The predicted molar refractivity (Wildman–Crippen MR) is 86.8 cm³/mol. The van der Waals surface area contributed by atoms with Gasteiger partial charge in [0, 0.05) is 38.9 Å². The van der Waals surface area contributed by atoms with Crippen molar-refractivity contribution in [2.24, 2.45) is 0 Å². The minimum Gasteiger partial charge on any atom is -0.375 e. The molecule has 0 atom stereocenters. The van der Waals surface area contributed by atoms with Gasteiger partial charge in [-0.15, -0.1) is 0 Å². The molecule has 0 bridgehead atoms. The number of carbonyl (C=O) groups excluding carboxylic acids is 2. The van der Waals surface area contributed by atoms with Crippen LogP contribution in [0.3, 0.4) is 0 Å². The lowest BCUT2D eigenvalue weighted by molar-refractivity contribution is -0.126. The van der Waals surface area contributed by atoms with E-state index >= 15 is 0 Å². The average Bonchev–Trinajstić information content (AvgIpc) is 2.52. The van der Waals surface area contributed by atoms with Crippen LogP contribution in [0.2, 0.25) is 0 Å². The number of para-hydroxylation sites is 1. The van der Waals surface area contributed by atoms with E-state index in [4.69, 9.17) is 0 Å². The molecular formula is C16H24N4O2. The molecule has 120 valence electrons. The SMILES string of the molecule is CN(CCCNC(=O)CN1CCNC(=O)C1)c1ccccc1. The average molecular weight is 304 g/mol. The highest BCUT2D eigenvalue weighted by atomic mass is 16.2. The van der Waals surface area contributed by atoms with Gasteiger partial charge >= 0.3 is 0 Å². The molecule has 1 aliphatic rings. The summed E-state index contributed by atoms with van der Waals surface area (Å²) in [6.45, 7) is 3.49. The molecule has 1 aromatic rings. The van der Waals surface area contributed by atoms with E-state index in [0.29, 0.717) is 26.2 Å². The van der Waals surface area contributed by atoms with E-state index in [1.54, 1.807) is 0 Å². The summed E-state index contributed by atoms with van der Waals surface area (Å²) in [4.78, 5) is 27.1. The lowest BCUT2D eigenvalue weighted by Crippen LogP contribution is -2.50. The van der Waals surface area contributed by atoms with Crippen molar-refractivity contribution in [2.45, 2.75) is 6.42 Å². The van der Waals surface area contributed by atoms with Gasteiger partial charge in [0.15, 0.2) is 0 Å². The van der Waals surface area contributed by atoms with Crippen LogP contribution >= 0.6 is 0 Å². The minimum absolute atomic E-state index is 0.0106. The molecule has 0 saturated carbocycles. The zero-order valence-electron chi connectivity index (χ0n) is 13.0. The summed E-state index contributed by atoms with van der Waals surface area (Å²) in [7, 11) is 2.05. The van der Waals surface area contributed by atoms with Crippen LogP contribution in [0.4, 0.5) is 5.69 Å². The van der Waals surface area contributed by atoms with Gasteiger partial charge in [-0.25, -0.2) is 0 Å². The van der Waals surface area contributed by atoms with Gasteiger partial charge in [0.25, 0.3) is 0 Å². The number of amides is 2. The zero-order valence-corrected chi connectivity index (χ0v) is 13.0. The molecule has 2 amide bonds. The Morgan fingerprint density at radius 1 is 1.36 bits per heavy atom. The lowest BCUT2D eigenvalue weighted by Gasteiger charge is -2.25. The van der Waals surface area contributed by atoms with Crippen LogP contribution in [0.25, 0.3) is 0 Å². The second-order valence-electron chi connectivity index (χ2n) is 5.52. The Morgan fingerprint density at radius 2 is 2.14 bits per heavy atom. The van der Waals surface area contributed by atoms with Gasteiger partial charge in [-0.2, -0.15) is 0 Å². The number of hydrogen-bond acceptors (Lipinski definition) is 4. The van der Waals surface area contributed by atoms with Crippen molar-refractivity contribution in [2.75, 3.05) is 51.2 Å². The molecule has 1 aliphatic heterocycles. The molecule has 6 heteroatoms. The summed E-state index contributed by atoms with van der Waals surface area (Å²) in [6, 6.07) is 10.2. The number of piperazine rings is 1. The number of rotatable bonds is 7. The predicted octanol–water partition coefficient (Wildman–Crippen LogP) is 0.0609. The number of nitrogens with one attached hydrogen (secondary N) is 2. The Labute approximate surface area is 131 Å². The molecular weight excluding hydrogens is 280 g/mol. The Morgan fingerprint density at radius 3 is 2.86 bits per heavy atom. The number of carbonyl (C=O) groups is 2. The molecule has 0 aliphatic carbocycles. The summed E-state index contributed by atoms with van der Waals surface area (Å²) in [5.74, 6) is -0.0272. The normalized spacial score (nSPS) is 15.2. The summed E-state index contributed by atoms with van der Waals surface area (Å²) in [5, 5.41) is 5.66. The Balaban J connectivity index is 1.60. The highest BCUT2D eigenvalue weighted by Gasteiger charge is 2.18.